The molecule has 0 saturated heterocycles. The Balaban J connectivity index is 4.86. The van der Waals surface area contributed by atoms with Crippen LogP contribution in [0.5, 0.6) is 0 Å². The van der Waals surface area contributed by atoms with E-state index in [0.717, 1.165) is 0 Å². The van der Waals surface area contributed by atoms with Crippen molar-refractivity contribution in [3.63, 3.8) is 0 Å². The molecular formula is C14H26N4O7. The molecule has 9 N–H and O–H groups in total. The molecule has 11 heteroatoms. The zero-order valence-electron chi connectivity index (χ0n) is 14.0. The van der Waals surface area contributed by atoms with Gasteiger partial charge in [-0.1, -0.05) is 6.42 Å². The minimum Gasteiger partial charge on any atom is -0.481 e. The van der Waals surface area contributed by atoms with E-state index in [0.29, 0.717) is 25.8 Å². The third-order valence-electron chi connectivity index (χ3n) is 3.36. The van der Waals surface area contributed by atoms with Crippen LogP contribution in [0.4, 0.5) is 0 Å². The Bertz CT molecular complexity index is 484. The SMILES string of the molecule is CC(O)C(NC(=O)C(N)CCCCN)C(=O)NC(CC(=O)O)C(=O)O. The molecule has 0 aliphatic heterocycles. The summed E-state index contributed by atoms with van der Waals surface area (Å²) in [6, 6.07) is -4.08. The summed E-state index contributed by atoms with van der Waals surface area (Å²) >= 11 is 0. The Labute approximate surface area is 144 Å². The van der Waals surface area contributed by atoms with Crippen LogP contribution < -0.4 is 22.1 Å². The van der Waals surface area contributed by atoms with Crippen molar-refractivity contribution in [3.05, 3.63) is 0 Å². The predicted molar refractivity (Wildman–Crippen MR) is 86.3 cm³/mol. The second-order valence-corrected chi connectivity index (χ2v) is 5.62. The van der Waals surface area contributed by atoms with Crippen LogP contribution in [0.25, 0.3) is 0 Å². The average molecular weight is 362 g/mol. The van der Waals surface area contributed by atoms with E-state index in [1.165, 1.54) is 6.92 Å². The molecule has 4 unspecified atom stereocenters. The molecule has 0 radical (unpaired) electrons. The molecule has 0 bridgehead atoms. The van der Waals surface area contributed by atoms with Crippen LogP contribution >= 0.6 is 0 Å². The average Bonchev–Trinajstić information content (AvgIpc) is 2.50. The van der Waals surface area contributed by atoms with Crippen LogP contribution in [0, 0.1) is 0 Å². The second-order valence-electron chi connectivity index (χ2n) is 5.62. The Morgan fingerprint density at radius 1 is 1.04 bits per heavy atom. The van der Waals surface area contributed by atoms with Gasteiger partial charge in [-0.05, 0) is 26.3 Å². The monoisotopic (exact) mass is 362 g/mol. The number of aliphatic hydroxyl groups is 1. The molecule has 4 atom stereocenters. The van der Waals surface area contributed by atoms with Crippen molar-refractivity contribution < 1.29 is 34.5 Å². The predicted octanol–water partition coefficient (Wildman–Crippen LogP) is -2.65. The quantitative estimate of drug-likeness (QED) is 0.181. The summed E-state index contributed by atoms with van der Waals surface area (Å²) in [6.07, 6.45) is -0.583. The lowest BCUT2D eigenvalue weighted by molar-refractivity contribution is -0.147. The molecule has 0 rings (SSSR count). The second kappa shape index (κ2) is 11.3. The summed E-state index contributed by atoms with van der Waals surface area (Å²) in [5.41, 5.74) is 11.0. The van der Waals surface area contributed by atoms with Gasteiger partial charge < -0.3 is 37.4 Å². The molecule has 0 aliphatic carbocycles. The molecule has 0 spiro atoms. The molecule has 0 heterocycles. The van der Waals surface area contributed by atoms with E-state index >= 15 is 0 Å². The normalized spacial score (nSPS) is 15.5. The van der Waals surface area contributed by atoms with Gasteiger partial charge in [0.25, 0.3) is 0 Å². The van der Waals surface area contributed by atoms with E-state index < -0.39 is 54.4 Å². The molecule has 0 fully saturated rings. The van der Waals surface area contributed by atoms with E-state index in [9.17, 15) is 24.3 Å². The number of hydrogen-bond acceptors (Lipinski definition) is 7. The highest BCUT2D eigenvalue weighted by Gasteiger charge is 2.31. The van der Waals surface area contributed by atoms with Crippen molar-refractivity contribution in [1.29, 1.82) is 0 Å². The molecule has 144 valence electrons. The van der Waals surface area contributed by atoms with Crippen LogP contribution in [0.15, 0.2) is 0 Å². The largest absolute Gasteiger partial charge is 0.481 e. The number of nitrogens with two attached hydrogens (primary N) is 2. The molecular weight excluding hydrogens is 336 g/mol. The molecule has 2 amide bonds. The lowest BCUT2D eigenvalue weighted by Crippen LogP contribution is -2.58. The molecule has 0 aromatic heterocycles. The molecule has 0 aromatic carbocycles. The minimum atomic E-state index is -1.69. The first-order valence-corrected chi connectivity index (χ1v) is 7.79. The van der Waals surface area contributed by atoms with E-state index in [1.807, 2.05) is 5.32 Å². The number of carboxylic acids is 2. The highest BCUT2D eigenvalue weighted by Crippen LogP contribution is 2.02. The minimum absolute atomic E-state index is 0.327. The van der Waals surface area contributed by atoms with E-state index in [4.69, 9.17) is 21.7 Å². The Hall–Kier alpha value is -2.24. The number of amides is 2. The first kappa shape index (κ1) is 22.8. The van der Waals surface area contributed by atoms with Gasteiger partial charge >= 0.3 is 11.9 Å². The number of aliphatic hydroxyl groups excluding tert-OH is 1. The van der Waals surface area contributed by atoms with Crippen LogP contribution in [-0.4, -0.2) is 69.8 Å². The first-order chi connectivity index (χ1) is 11.6. The van der Waals surface area contributed by atoms with Gasteiger partial charge in [-0.2, -0.15) is 0 Å². The summed E-state index contributed by atoms with van der Waals surface area (Å²) in [6.45, 7) is 1.67. The zero-order valence-corrected chi connectivity index (χ0v) is 14.0. The number of nitrogens with one attached hydrogen (secondary N) is 2. The fourth-order valence-electron chi connectivity index (χ4n) is 1.94. The highest BCUT2D eigenvalue weighted by atomic mass is 16.4. The van der Waals surface area contributed by atoms with Gasteiger partial charge in [0.15, 0.2) is 0 Å². The van der Waals surface area contributed by atoms with Crippen molar-refractivity contribution in [1.82, 2.24) is 10.6 Å². The van der Waals surface area contributed by atoms with Gasteiger partial charge in [0, 0.05) is 0 Å². The van der Waals surface area contributed by atoms with Gasteiger partial charge in [0.2, 0.25) is 11.8 Å². The number of carbonyl (C=O) groups is 4. The number of carboxylic acid groups (broad SMARTS) is 2. The van der Waals surface area contributed by atoms with Crippen LogP contribution in [0.3, 0.4) is 0 Å². The van der Waals surface area contributed by atoms with Crippen LogP contribution in [0.1, 0.15) is 32.6 Å². The topological polar surface area (TPSA) is 205 Å². The first-order valence-electron chi connectivity index (χ1n) is 7.79. The van der Waals surface area contributed by atoms with Crippen molar-refractivity contribution >= 4 is 23.8 Å². The van der Waals surface area contributed by atoms with E-state index in [1.54, 1.807) is 0 Å². The zero-order chi connectivity index (χ0) is 19.6. The van der Waals surface area contributed by atoms with Crippen molar-refractivity contribution in [2.75, 3.05) is 6.54 Å². The maximum absolute atomic E-state index is 12.1. The van der Waals surface area contributed by atoms with Gasteiger partial charge in [-0.15, -0.1) is 0 Å². The summed E-state index contributed by atoms with van der Waals surface area (Å²) in [4.78, 5) is 45.7. The summed E-state index contributed by atoms with van der Waals surface area (Å²) in [5.74, 6) is -4.69. The van der Waals surface area contributed by atoms with Gasteiger partial charge in [-0.25, -0.2) is 4.79 Å². The third-order valence-corrected chi connectivity index (χ3v) is 3.36. The van der Waals surface area contributed by atoms with E-state index in [-0.39, 0.29) is 0 Å². The van der Waals surface area contributed by atoms with E-state index in [2.05, 4.69) is 5.32 Å². The molecule has 11 nitrogen and oxygen atoms in total. The maximum Gasteiger partial charge on any atom is 0.326 e. The Kier molecular flexibility index (Phi) is 10.3. The summed E-state index contributed by atoms with van der Waals surface area (Å²) in [5, 5.41) is 31.5. The maximum atomic E-state index is 12.1. The highest BCUT2D eigenvalue weighted by molar-refractivity contribution is 5.93. The summed E-state index contributed by atoms with van der Waals surface area (Å²) < 4.78 is 0. The molecule has 0 aliphatic rings. The molecule has 25 heavy (non-hydrogen) atoms. The van der Waals surface area contributed by atoms with Gasteiger partial charge in [-0.3, -0.25) is 14.4 Å². The number of carbonyl (C=O) groups excluding carboxylic acids is 2. The Morgan fingerprint density at radius 3 is 2.08 bits per heavy atom. The van der Waals surface area contributed by atoms with Crippen molar-refractivity contribution in [3.8, 4) is 0 Å². The number of aliphatic carboxylic acids is 2. The summed E-state index contributed by atoms with van der Waals surface area (Å²) in [7, 11) is 0. The fourth-order valence-corrected chi connectivity index (χ4v) is 1.94. The Morgan fingerprint density at radius 2 is 1.64 bits per heavy atom. The van der Waals surface area contributed by atoms with Gasteiger partial charge in [0.05, 0.1) is 18.6 Å². The molecule has 0 saturated carbocycles. The standard InChI is InChI=1S/C14H26N4O7/c1-7(19)11(18-12(22)8(16)4-2-3-5-15)13(23)17-9(14(24)25)6-10(20)21/h7-9,11,19H,2-6,15-16H2,1H3,(H,17,23)(H,18,22)(H,20,21)(H,24,25). The van der Waals surface area contributed by atoms with Crippen LogP contribution in [0.2, 0.25) is 0 Å². The van der Waals surface area contributed by atoms with Gasteiger partial charge in [0.1, 0.15) is 12.1 Å². The van der Waals surface area contributed by atoms with Crippen molar-refractivity contribution in [2.45, 2.75) is 56.8 Å². The van der Waals surface area contributed by atoms with Crippen molar-refractivity contribution in [2.24, 2.45) is 11.5 Å². The number of hydrogen-bond donors (Lipinski definition) is 7. The third kappa shape index (κ3) is 8.98. The lowest BCUT2D eigenvalue weighted by atomic mass is 10.1. The van der Waals surface area contributed by atoms with Crippen LogP contribution in [-0.2, 0) is 19.2 Å². The fraction of sp³-hybridized carbons (Fsp3) is 0.714. The number of unbranched alkanes of at least 4 members (excludes halogenated alkanes) is 1. The smallest absolute Gasteiger partial charge is 0.326 e. The number of rotatable bonds is 12. The molecule has 0 aromatic rings. The lowest BCUT2D eigenvalue weighted by Gasteiger charge is -2.24.